The number of benzene rings is 1. The number of rotatable bonds is 4. The summed E-state index contributed by atoms with van der Waals surface area (Å²) in [6, 6.07) is 11.3. The van der Waals surface area contributed by atoms with Gasteiger partial charge in [0, 0.05) is 44.4 Å². The second kappa shape index (κ2) is 7.91. The van der Waals surface area contributed by atoms with E-state index >= 15 is 0 Å². The predicted molar refractivity (Wildman–Crippen MR) is 109 cm³/mol. The molecule has 0 unspecified atom stereocenters. The second-order valence-corrected chi connectivity index (χ2v) is 7.93. The molecule has 2 amide bonds. The van der Waals surface area contributed by atoms with Crippen LogP contribution in [-0.4, -0.2) is 67.2 Å². The number of urea groups is 1. The third kappa shape index (κ3) is 3.68. The summed E-state index contributed by atoms with van der Waals surface area (Å²) in [4.78, 5) is 20.9. The van der Waals surface area contributed by atoms with Crippen molar-refractivity contribution in [2.45, 2.75) is 18.4 Å². The SMILES string of the molecule is O=C(N1CC(c2ccc(Oc3ccccc3Cl)nc2)C1)N1CC[C@H](n2cnnn2)C1. The van der Waals surface area contributed by atoms with E-state index in [4.69, 9.17) is 16.3 Å². The molecule has 0 N–H and O–H groups in total. The maximum atomic E-state index is 12.8. The summed E-state index contributed by atoms with van der Waals surface area (Å²) in [5.74, 6) is 1.35. The number of amides is 2. The number of hydrogen-bond donors (Lipinski definition) is 0. The number of aromatic nitrogens is 5. The van der Waals surface area contributed by atoms with Crippen LogP contribution in [-0.2, 0) is 0 Å². The maximum Gasteiger partial charge on any atom is 0.320 e. The summed E-state index contributed by atoms with van der Waals surface area (Å²) in [6.45, 7) is 2.75. The zero-order valence-electron chi connectivity index (χ0n) is 16.1. The van der Waals surface area contributed by atoms with Crippen molar-refractivity contribution >= 4 is 17.6 Å². The molecular weight excluding hydrogens is 406 g/mol. The van der Waals surface area contributed by atoms with Gasteiger partial charge in [0.25, 0.3) is 0 Å². The predicted octanol–water partition coefficient (Wildman–Crippen LogP) is 2.98. The Morgan fingerprint density at radius 3 is 2.70 bits per heavy atom. The first-order valence-electron chi connectivity index (χ1n) is 9.82. The first-order valence-corrected chi connectivity index (χ1v) is 10.2. The molecular formula is C20H20ClN7O2. The largest absolute Gasteiger partial charge is 0.437 e. The normalized spacial score (nSPS) is 19.0. The van der Waals surface area contributed by atoms with Gasteiger partial charge in [0.1, 0.15) is 12.1 Å². The average Bonchev–Trinajstić information content (AvgIpc) is 3.41. The Morgan fingerprint density at radius 1 is 1.10 bits per heavy atom. The number of hydrogen-bond acceptors (Lipinski definition) is 6. The number of carbonyl (C=O) groups is 1. The molecule has 2 aromatic heterocycles. The van der Waals surface area contributed by atoms with Gasteiger partial charge < -0.3 is 14.5 Å². The van der Waals surface area contributed by atoms with E-state index in [-0.39, 0.29) is 18.0 Å². The van der Waals surface area contributed by atoms with Gasteiger partial charge in [-0.1, -0.05) is 29.8 Å². The molecule has 4 heterocycles. The highest BCUT2D eigenvalue weighted by molar-refractivity contribution is 6.32. The zero-order valence-corrected chi connectivity index (χ0v) is 16.9. The molecule has 5 rings (SSSR count). The molecule has 0 spiro atoms. The number of para-hydroxylation sites is 1. The molecule has 1 aromatic carbocycles. The first-order chi connectivity index (χ1) is 14.7. The minimum Gasteiger partial charge on any atom is -0.437 e. The molecule has 0 radical (unpaired) electrons. The van der Waals surface area contributed by atoms with E-state index in [1.165, 1.54) is 0 Å². The fourth-order valence-electron chi connectivity index (χ4n) is 3.85. The van der Waals surface area contributed by atoms with E-state index in [9.17, 15) is 4.79 Å². The van der Waals surface area contributed by atoms with Crippen LogP contribution in [0.25, 0.3) is 0 Å². The van der Waals surface area contributed by atoms with Crippen molar-refractivity contribution in [2.75, 3.05) is 26.2 Å². The topological polar surface area (TPSA) is 89.3 Å². The van der Waals surface area contributed by atoms with Gasteiger partial charge in [-0.25, -0.2) is 14.5 Å². The van der Waals surface area contributed by atoms with Gasteiger partial charge in [-0.15, -0.1) is 5.10 Å². The van der Waals surface area contributed by atoms with Crippen molar-refractivity contribution in [1.82, 2.24) is 35.0 Å². The van der Waals surface area contributed by atoms with E-state index in [1.54, 1.807) is 23.1 Å². The van der Waals surface area contributed by atoms with E-state index in [0.29, 0.717) is 36.3 Å². The fraction of sp³-hybridized carbons (Fsp3) is 0.350. The highest BCUT2D eigenvalue weighted by Gasteiger charge is 2.37. The molecule has 0 saturated carbocycles. The van der Waals surface area contributed by atoms with Gasteiger partial charge in [-0.2, -0.15) is 0 Å². The lowest BCUT2D eigenvalue weighted by Crippen LogP contribution is -2.53. The lowest BCUT2D eigenvalue weighted by molar-refractivity contribution is 0.120. The third-order valence-corrected chi connectivity index (χ3v) is 5.92. The Morgan fingerprint density at radius 2 is 1.97 bits per heavy atom. The number of pyridine rings is 1. The molecule has 30 heavy (non-hydrogen) atoms. The van der Waals surface area contributed by atoms with Crippen LogP contribution in [0.15, 0.2) is 48.9 Å². The Hall–Kier alpha value is -3.20. The lowest BCUT2D eigenvalue weighted by atomic mass is 9.93. The summed E-state index contributed by atoms with van der Waals surface area (Å²) in [6.07, 6.45) is 4.28. The fourth-order valence-corrected chi connectivity index (χ4v) is 4.02. The van der Waals surface area contributed by atoms with Crippen LogP contribution in [0.1, 0.15) is 23.9 Å². The molecule has 9 nitrogen and oxygen atoms in total. The average molecular weight is 426 g/mol. The minimum absolute atomic E-state index is 0.0773. The third-order valence-electron chi connectivity index (χ3n) is 5.61. The smallest absolute Gasteiger partial charge is 0.320 e. The van der Waals surface area contributed by atoms with Crippen LogP contribution in [0, 0.1) is 0 Å². The van der Waals surface area contributed by atoms with Gasteiger partial charge in [0.05, 0.1) is 11.1 Å². The lowest BCUT2D eigenvalue weighted by Gasteiger charge is -2.41. The highest BCUT2D eigenvalue weighted by Crippen LogP contribution is 2.32. The zero-order chi connectivity index (χ0) is 20.5. The van der Waals surface area contributed by atoms with Gasteiger partial charge in [0.2, 0.25) is 5.88 Å². The summed E-state index contributed by atoms with van der Waals surface area (Å²) in [5, 5.41) is 11.8. The number of nitrogens with zero attached hydrogens (tertiary/aromatic N) is 7. The summed E-state index contributed by atoms with van der Waals surface area (Å²) in [7, 11) is 0. The molecule has 3 aromatic rings. The number of halogens is 1. The van der Waals surface area contributed by atoms with Crippen molar-refractivity contribution in [1.29, 1.82) is 0 Å². The van der Waals surface area contributed by atoms with E-state index < -0.39 is 0 Å². The van der Waals surface area contributed by atoms with Crippen LogP contribution >= 0.6 is 11.6 Å². The minimum atomic E-state index is 0.0773. The molecule has 2 aliphatic rings. The van der Waals surface area contributed by atoms with Crippen molar-refractivity contribution < 1.29 is 9.53 Å². The molecule has 0 bridgehead atoms. The van der Waals surface area contributed by atoms with Gasteiger partial charge in [0.15, 0.2) is 0 Å². The summed E-state index contributed by atoms with van der Waals surface area (Å²) >= 11 is 6.12. The molecule has 154 valence electrons. The van der Waals surface area contributed by atoms with E-state index in [1.807, 2.05) is 40.3 Å². The van der Waals surface area contributed by atoms with Crippen LogP contribution in [0.3, 0.4) is 0 Å². The molecule has 2 aliphatic heterocycles. The van der Waals surface area contributed by atoms with E-state index in [0.717, 1.165) is 18.5 Å². The van der Waals surface area contributed by atoms with Crippen LogP contribution in [0.4, 0.5) is 4.79 Å². The van der Waals surface area contributed by atoms with Crippen molar-refractivity contribution in [3.05, 3.63) is 59.5 Å². The molecule has 0 aliphatic carbocycles. The Balaban J connectivity index is 1.14. The standard InChI is InChI=1S/C20H20ClN7O2/c21-17-3-1-2-4-18(17)30-19-6-5-14(9-22-19)15-10-27(11-15)20(29)26-8-7-16(12-26)28-13-23-24-25-28/h1-6,9,13,15-16H,7-8,10-12H2/t16-/m0/s1. The van der Waals surface area contributed by atoms with Crippen LogP contribution in [0.5, 0.6) is 11.6 Å². The summed E-state index contributed by atoms with van der Waals surface area (Å²) < 4.78 is 7.46. The number of ether oxygens (including phenoxy) is 1. The number of tetrazole rings is 1. The Kier molecular flexibility index (Phi) is 4.96. The van der Waals surface area contributed by atoms with Crippen LogP contribution in [0.2, 0.25) is 5.02 Å². The molecule has 10 heteroatoms. The van der Waals surface area contributed by atoms with E-state index in [2.05, 4.69) is 20.5 Å². The Labute approximate surface area is 178 Å². The first kappa shape index (κ1) is 18.8. The van der Waals surface area contributed by atoms with Gasteiger partial charge >= 0.3 is 6.03 Å². The number of likely N-dealkylation sites (tertiary alicyclic amines) is 2. The quantitative estimate of drug-likeness (QED) is 0.638. The molecule has 2 fully saturated rings. The van der Waals surface area contributed by atoms with Crippen molar-refractivity contribution in [3.8, 4) is 11.6 Å². The molecule has 2 saturated heterocycles. The second-order valence-electron chi connectivity index (χ2n) is 7.53. The van der Waals surface area contributed by atoms with Gasteiger partial charge in [-0.05, 0) is 34.5 Å². The van der Waals surface area contributed by atoms with Crippen LogP contribution < -0.4 is 4.74 Å². The highest BCUT2D eigenvalue weighted by atomic mass is 35.5. The maximum absolute atomic E-state index is 12.8. The van der Waals surface area contributed by atoms with Crippen molar-refractivity contribution in [3.63, 3.8) is 0 Å². The Bertz CT molecular complexity index is 1020. The monoisotopic (exact) mass is 425 g/mol. The van der Waals surface area contributed by atoms with Gasteiger partial charge in [-0.3, -0.25) is 0 Å². The molecule has 1 atom stereocenters. The number of carbonyl (C=O) groups excluding carboxylic acids is 1. The van der Waals surface area contributed by atoms with Crippen molar-refractivity contribution in [2.24, 2.45) is 0 Å². The summed E-state index contributed by atoms with van der Waals surface area (Å²) in [5.41, 5.74) is 1.10.